The summed E-state index contributed by atoms with van der Waals surface area (Å²) in [5, 5.41) is 101. The van der Waals surface area contributed by atoms with Crippen molar-refractivity contribution in [3.63, 3.8) is 0 Å². The van der Waals surface area contributed by atoms with Gasteiger partial charge in [-0.05, 0) is 24.3 Å². The molecule has 0 amide bonds. The summed E-state index contributed by atoms with van der Waals surface area (Å²) in [6, 6.07) is 9.41. The number of hydrogen-bond donors (Lipinski definition) is 10. The first kappa shape index (κ1) is 32.8. The lowest BCUT2D eigenvalue weighted by molar-refractivity contribution is -0.277. The Balaban J connectivity index is 0.00000423. The lowest BCUT2D eigenvalue weighted by Crippen LogP contribution is -3.00. The number of phenols is 2. The third-order valence-corrected chi connectivity index (χ3v) is 7.11. The molecule has 2 aliphatic rings. The van der Waals surface area contributed by atoms with E-state index in [0.717, 1.165) is 6.07 Å². The van der Waals surface area contributed by atoms with Crippen molar-refractivity contribution in [2.24, 2.45) is 0 Å². The Bertz CT molecular complexity index is 1390. The summed E-state index contributed by atoms with van der Waals surface area (Å²) in [7, 11) is 0. The number of aliphatic hydroxyl groups excluding tert-OH is 8. The van der Waals surface area contributed by atoms with Gasteiger partial charge in [0.1, 0.15) is 71.5 Å². The summed E-state index contributed by atoms with van der Waals surface area (Å²) >= 11 is 0. The van der Waals surface area contributed by atoms with Crippen LogP contribution in [0.15, 0.2) is 46.9 Å². The monoisotopic (exact) mass is 630 g/mol. The van der Waals surface area contributed by atoms with Crippen molar-refractivity contribution in [2.45, 2.75) is 61.4 Å². The van der Waals surface area contributed by atoms with E-state index in [4.69, 9.17) is 23.4 Å². The molecular formula is C27H31ClO15. The van der Waals surface area contributed by atoms with E-state index in [1.807, 2.05) is 0 Å². The summed E-state index contributed by atoms with van der Waals surface area (Å²) in [6.45, 7) is -1.40. The number of phenolic OH excluding ortho intramolecular Hbond substituents is 2. The Morgan fingerprint density at radius 1 is 0.628 bits per heavy atom. The molecule has 10 N–H and O–H groups in total. The third kappa shape index (κ3) is 6.43. The fourth-order valence-electron chi connectivity index (χ4n) is 4.75. The highest BCUT2D eigenvalue weighted by atomic mass is 35.5. The van der Waals surface area contributed by atoms with E-state index >= 15 is 0 Å². The molecule has 0 aliphatic carbocycles. The summed E-state index contributed by atoms with van der Waals surface area (Å²) in [5.74, 6) is -0.673. The molecule has 15 nitrogen and oxygen atoms in total. The van der Waals surface area contributed by atoms with E-state index in [1.54, 1.807) is 0 Å². The molecule has 16 heteroatoms. The first-order valence-electron chi connectivity index (χ1n) is 12.9. The van der Waals surface area contributed by atoms with E-state index < -0.39 is 74.6 Å². The first-order valence-corrected chi connectivity index (χ1v) is 12.9. The topological polar surface area (TPSA) is 251 Å². The lowest BCUT2D eigenvalue weighted by Gasteiger charge is -2.39. The molecule has 0 spiro atoms. The van der Waals surface area contributed by atoms with Gasteiger partial charge in [0.25, 0.3) is 0 Å². The highest BCUT2D eigenvalue weighted by Crippen LogP contribution is 2.42. The van der Waals surface area contributed by atoms with Crippen LogP contribution in [0.5, 0.6) is 23.0 Å². The van der Waals surface area contributed by atoms with Gasteiger partial charge >= 0.3 is 11.3 Å². The zero-order chi connectivity index (χ0) is 30.3. The second kappa shape index (κ2) is 13.3. The number of rotatable bonds is 7. The highest BCUT2D eigenvalue weighted by Gasteiger charge is 2.47. The molecule has 10 unspecified atom stereocenters. The minimum absolute atomic E-state index is 0. The molecule has 2 aliphatic heterocycles. The van der Waals surface area contributed by atoms with E-state index in [1.165, 1.54) is 36.4 Å². The van der Waals surface area contributed by atoms with Crippen molar-refractivity contribution < 1.29 is 86.8 Å². The van der Waals surface area contributed by atoms with Crippen LogP contribution in [0.25, 0.3) is 22.3 Å². The standard InChI is InChI=1S/C27H30O15.ClH/c28-8-17-19(32)21(34)23(36)26(41-17)39-15-6-12(31)5-14-13(15)7-16(25(38-14)10-1-3-11(30)4-2-10)40-27-24(37)22(35)20(33)18(9-29)42-27;/h1-7,17-24,26-29,32-37H,8-9H2,(H-,30,31);1H. The Labute approximate surface area is 249 Å². The van der Waals surface area contributed by atoms with Crippen molar-refractivity contribution >= 4 is 11.0 Å². The predicted molar refractivity (Wildman–Crippen MR) is 138 cm³/mol. The van der Waals surface area contributed by atoms with Gasteiger partial charge in [-0.25, -0.2) is 4.42 Å². The van der Waals surface area contributed by atoms with Crippen molar-refractivity contribution in [3.05, 3.63) is 42.5 Å². The minimum atomic E-state index is -1.77. The van der Waals surface area contributed by atoms with Crippen LogP contribution in [0, 0.1) is 0 Å². The zero-order valence-electron chi connectivity index (χ0n) is 22.1. The minimum Gasteiger partial charge on any atom is -1.00 e. The van der Waals surface area contributed by atoms with Crippen LogP contribution >= 0.6 is 0 Å². The second-order valence-corrected chi connectivity index (χ2v) is 9.97. The van der Waals surface area contributed by atoms with Gasteiger partial charge in [-0.15, -0.1) is 0 Å². The molecular weight excluding hydrogens is 600 g/mol. The number of fused-ring (bicyclic) bond motifs is 1. The Morgan fingerprint density at radius 3 is 1.65 bits per heavy atom. The van der Waals surface area contributed by atoms with Gasteiger partial charge in [-0.1, -0.05) is 0 Å². The van der Waals surface area contributed by atoms with Crippen LogP contribution in [0.2, 0.25) is 0 Å². The maximum atomic E-state index is 10.6. The number of ether oxygens (including phenoxy) is 4. The molecule has 43 heavy (non-hydrogen) atoms. The molecule has 2 aromatic carbocycles. The zero-order valence-corrected chi connectivity index (χ0v) is 22.9. The van der Waals surface area contributed by atoms with Crippen molar-refractivity contribution in [1.29, 1.82) is 0 Å². The third-order valence-electron chi connectivity index (χ3n) is 7.11. The number of halogens is 1. The molecule has 2 saturated heterocycles. The molecule has 1 aromatic heterocycles. The molecule has 0 saturated carbocycles. The quantitative estimate of drug-likeness (QED) is 0.110. The van der Waals surface area contributed by atoms with Crippen molar-refractivity contribution in [3.8, 4) is 34.3 Å². The van der Waals surface area contributed by atoms with E-state index in [-0.39, 0.29) is 52.1 Å². The molecule has 3 aromatic rings. The van der Waals surface area contributed by atoms with Gasteiger partial charge in [-0.3, -0.25) is 0 Å². The maximum absolute atomic E-state index is 10.6. The van der Waals surface area contributed by atoms with Crippen LogP contribution in [0.3, 0.4) is 0 Å². The van der Waals surface area contributed by atoms with E-state index in [9.17, 15) is 51.1 Å². The van der Waals surface area contributed by atoms with Crippen LogP contribution in [-0.2, 0) is 9.47 Å². The van der Waals surface area contributed by atoms with Crippen LogP contribution in [0.4, 0.5) is 0 Å². The molecule has 10 atom stereocenters. The van der Waals surface area contributed by atoms with Crippen molar-refractivity contribution in [2.75, 3.05) is 13.2 Å². The fraction of sp³-hybridized carbons (Fsp3) is 0.444. The molecule has 3 heterocycles. The number of benzene rings is 2. The number of hydrogen-bond acceptors (Lipinski definition) is 14. The van der Waals surface area contributed by atoms with Gasteiger partial charge in [0, 0.05) is 12.1 Å². The fourth-order valence-corrected chi connectivity index (χ4v) is 4.75. The second-order valence-electron chi connectivity index (χ2n) is 9.97. The summed E-state index contributed by atoms with van der Waals surface area (Å²) in [4.78, 5) is 0. The average Bonchev–Trinajstić information content (AvgIpc) is 2.98. The van der Waals surface area contributed by atoms with Crippen LogP contribution in [0.1, 0.15) is 0 Å². The van der Waals surface area contributed by atoms with Crippen LogP contribution < -0.4 is 21.9 Å². The van der Waals surface area contributed by atoms with Gasteiger partial charge in [-0.2, -0.15) is 0 Å². The normalized spacial score (nSPS) is 32.7. The number of aromatic hydroxyl groups is 2. The SMILES string of the molecule is OCC1OC(Oc2cc3c(OC4OC(CO)C(O)C(O)C4O)cc(O)cc3[o+]c2-c2ccc(O)cc2)C(O)C(O)C1O.[Cl-]. The smallest absolute Gasteiger partial charge is 0.402 e. The summed E-state index contributed by atoms with van der Waals surface area (Å²) in [6.07, 6.45) is -16.0. The average molecular weight is 631 g/mol. The van der Waals surface area contributed by atoms with Gasteiger partial charge in [0.2, 0.25) is 18.3 Å². The Morgan fingerprint density at radius 2 is 1.14 bits per heavy atom. The summed E-state index contributed by atoms with van der Waals surface area (Å²) in [5.41, 5.74) is 0.368. The Kier molecular flexibility index (Phi) is 10.2. The predicted octanol–water partition coefficient (Wildman–Crippen LogP) is -4.85. The van der Waals surface area contributed by atoms with Gasteiger partial charge < -0.3 is 82.4 Å². The molecule has 236 valence electrons. The number of aliphatic hydroxyl groups is 8. The first-order chi connectivity index (χ1) is 20.0. The van der Waals surface area contributed by atoms with Gasteiger partial charge in [0.15, 0.2) is 0 Å². The molecule has 2 fully saturated rings. The largest absolute Gasteiger partial charge is 1.00 e. The summed E-state index contributed by atoms with van der Waals surface area (Å²) < 4.78 is 28.6. The molecule has 0 bridgehead atoms. The van der Waals surface area contributed by atoms with Crippen molar-refractivity contribution in [1.82, 2.24) is 0 Å². The Hall–Kier alpha value is -3.06. The van der Waals surface area contributed by atoms with Crippen LogP contribution in [-0.4, -0.2) is 126 Å². The van der Waals surface area contributed by atoms with E-state index in [2.05, 4.69) is 0 Å². The van der Waals surface area contributed by atoms with E-state index in [0.29, 0.717) is 5.56 Å². The van der Waals surface area contributed by atoms with Gasteiger partial charge in [0.05, 0.1) is 24.8 Å². The molecule has 0 radical (unpaired) electrons. The lowest BCUT2D eigenvalue weighted by atomic mass is 9.99. The maximum Gasteiger partial charge on any atom is 0.402 e. The molecule has 5 rings (SSSR count). The highest BCUT2D eigenvalue weighted by molar-refractivity contribution is 5.88.